The number of likely N-dealkylation sites (tertiary alicyclic amines) is 1. The number of hydrogen-bond donors (Lipinski definition) is 1. The van der Waals surface area contributed by atoms with E-state index in [1.54, 1.807) is 12.3 Å². The van der Waals surface area contributed by atoms with Crippen LogP contribution >= 0.6 is 0 Å². The van der Waals surface area contributed by atoms with E-state index < -0.39 is 0 Å². The van der Waals surface area contributed by atoms with Crippen molar-refractivity contribution in [2.45, 2.75) is 19.8 Å². The van der Waals surface area contributed by atoms with E-state index in [0.717, 1.165) is 36.2 Å². The number of aromatic nitrogens is 1. The van der Waals surface area contributed by atoms with Crippen molar-refractivity contribution in [3.8, 4) is 11.1 Å². The first-order chi connectivity index (χ1) is 15.1. The van der Waals surface area contributed by atoms with Gasteiger partial charge in [-0.1, -0.05) is 42.5 Å². The van der Waals surface area contributed by atoms with Gasteiger partial charge in [-0.2, -0.15) is 0 Å². The molecule has 31 heavy (non-hydrogen) atoms. The van der Waals surface area contributed by atoms with Crippen molar-refractivity contribution in [3.63, 3.8) is 0 Å². The Bertz CT molecular complexity index is 1050. The zero-order chi connectivity index (χ0) is 21.6. The summed E-state index contributed by atoms with van der Waals surface area (Å²) in [4.78, 5) is 31.6. The van der Waals surface area contributed by atoms with Crippen LogP contribution in [0.5, 0.6) is 0 Å². The van der Waals surface area contributed by atoms with Gasteiger partial charge < -0.3 is 10.2 Å². The molecule has 0 radical (unpaired) electrons. The van der Waals surface area contributed by atoms with Gasteiger partial charge in [-0.25, -0.2) is 0 Å². The highest BCUT2D eigenvalue weighted by Gasteiger charge is 2.25. The van der Waals surface area contributed by atoms with Crippen molar-refractivity contribution in [2.75, 3.05) is 19.6 Å². The summed E-state index contributed by atoms with van der Waals surface area (Å²) >= 11 is 0. The Morgan fingerprint density at radius 3 is 2.48 bits per heavy atom. The van der Waals surface area contributed by atoms with Crippen LogP contribution in [-0.4, -0.2) is 41.3 Å². The second kappa shape index (κ2) is 9.56. The number of aryl methyl sites for hydroxylation is 1. The van der Waals surface area contributed by atoms with Gasteiger partial charge in [0.2, 0.25) is 0 Å². The molecule has 1 N–H and O–H groups in total. The fourth-order valence-corrected chi connectivity index (χ4v) is 4.08. The Morgan fingerprint density at radius 2 is 1.74 bits per heavy atom. The lowest BCUT2D eigenvalue weighted by Gasteiger charge is -2.33. The van der Waals surface area contributed by atoms with Gasteiger partial charge in [0.25, 0.3) is 11.8 Å². The van der Waals surface area contributed by atoms with Crippen molar-refractivity contribution in [1.29, 1.82) is 0 Å². The first-order valence-electron chi connectivity index (χ1n) is 10.8. The molecule has 5 nitrogen and oxygen atoms in total. The van der Waals surface area contributed by atoms with Crippen LogP contribution < -0.4 is 5.32 Å². The lowest BCUT2D eigenvalue weighted by molar-refractivity contribution is 0.0669. The van der Waals surface area contributed by atoms with Crippen LogP contribution in [0.4, 0.5) is 0 Å². The van der Waals surface area contributed by atoms with Crippen LogP contribution in [-0.2, 0) is 0 Å². The molecule has 2 aromatic carbocycles. The largest absolute Gasteiger partial charge is 0.352 e. The minimum atomic E-state index is -0.0776. The maximum absolute atomic E-state index is 12.9. The highest BCUT2D eigenvalue weighted by atomic mass is 16.2. The molecule has 1 saturated heterocycles. The van der Waals surface area contributed by atoms with E-state index in [-0.39, 0.29) is 17.7 Å². The van der Waals surface area contributed by atoms with E-state index in [4.69, 9.17) is 0 Å². The predicted octanol–water partition coefficient (Wildman–Crippen LogP) is 4.34. The Balaban J connectivity index is 1.33. The average molecular weight is 414 g/mol. The Hall–Kier alpha value is -3.47. The highest BCUT2D eigenvalue weighted by molar-refractivity contribution is 5.95. The van der Waals surface area contributed by atoms with Crippen LogP contribution in [0.25, 0.3) is 11.1 Å². The fraction of sp³-hybridized carbons (Fsp3) is 0.269. The monoisotopic (exact) mass is 413 g/mol. The van der Waals surface area contributed by atoms with Gasteiger partial charge in [0.15, 0.2) is 0 Å². The van der Waals surface area contributed by atoms with Crippen LogP contribution in [0.3, 0.4) is 0 Å². The number of benzene rings is 2. The molecule has 1 aromatic heterocycles. The Labute approximate surface area is 183 Å². The number of hydrogen-bond acceptors (Lipinski definition) is 3. The molecule has 3 aromatic rings. The molecule has 1 fully saturated rings. The normalized spacial score (nSPS) is 16.0. The molecule has 0 aliphatic carbocycles. The standard InChI is InChI=1S/C26H27N3O2/c1-19-24(10-5-15-27-19)26(31)29-16-6-7-20(18-29)17-28-25(30)23-13-11-22(12-14-23)21-8-3-2-4-9-21/h2-5,8-15,20H,6-7,16-18H2,1H3,(H,28,30)/t20-/m1/s1. The van der Waals surface area contributed by atoms with Gasteiger partial charge in [0.05, 0.1) is 5.56 Å². The molecule has 1 atom stereocenters. The molecule has 1 aliphatic heterocycles. The summed E-state index contributed by atoms with van der Waals surface area (Å²) in [5.41, 5.74) is 4.27. The molecular weight excluding hydrogens is 386 g/mol. The van der Waals surface area contributed by atoms with Crippen LogP contribution in [0, 0.1) is 12.8 Å². The molecule has 5 heteroatoms. The first kappa shape index (κ1) is 20.8. The molecule has 4 rings (SSSR count). The topological polar surface area (TPSA) is 62.3 Å². The fourth-order valence-electron chi connectivity index (χ4n) is 4.08. The van der Waals surface area contributed by atoms with Crippen molar-refractivity contribution in [3.05, 3.63) is 89.7 Å². The number of rotatable bonds is 5. The molecule has 0 unspecified atom stereocenters. The van der Waals surface area contributed by atoms with Gasteiger partial charge in [0.1, 0.15) is 0 Å². The molecule has 0 saturated carbocycles. The Kier molecular flexibility index (Phi) is 6.41. The second-order valence-corrected chi connectivity index (χ2v) is 8.05. The molecular formula is C26H27N3O2. The SMILES string of the molecule is Cc1ncccc1C(=O)N1CCC[C@H](CNC(=O)c2ccc(-c3ccccc3)cc2)C1. The van der Waals surface area contributed by atoms with Crippen LogP contribution in [0.1, 0.15) is 39.3 Å². The number of amides is 2. The summed E-state index contributed by atoms with van der Waals surface area (Å²) in [5, 5.41) is 3.05. The van der Waals surface area contributed by atoms with Gasteiger partial charge in [0, 0.05) is 37.1 Å². The van der Waals surface area contributed by atoms with E-state index in [0.29, 0.717) is 24.2 Å². The second-order valence-electron chi connectivity index (χ2n) is 8.05. The zero-order valence-electron chi connectivity index (χ0n) is 17.8. The lowest BCUT2D eigenvalue weighted by Crippen LogP contribution is -2.44. The van der Waals surface area contributed by atoms with Crippen molar-refractivity contribution in [2.24, 2.45) is 5.92 Å². The summed E-state index contributed by atoms with van der Waals surface area (Å²) in [6.07, 6.45) is 3.65. The van der Waals surface area contributed by atoms with Crippen LogP contribution in [0.15, 0.2) is 72.9 Å². The molecule has 158 valence electrons. The van der Waals surface area contributed by atoms with Crippen molar-refractivity contribution < 1.29 is 9.59 Å². The maximum Gasteiger partial charge on any atom is 0.255 e. The summed E-state index contributed by atoms with van der Waals surface area (Å²) in [6, 6.07) is 21.4. The maximum atomic E-state index is 12.9. The number of carbonyl (C=O) groups is 2. The summed E-state index contributed by atoms with van der Waals surface area (Å²) in [6.45, 7) is 3.83. The summed E-state index contributed by atoms with van der Waals surface area (Å²) in [7, 11) is 0. The van der Waals surface area contributed by atoms with Gasteiger partial charge in [-0.3, -0.25) is 14.6 Å². The smallest absolute Gasteiger partial charge is 0.255 e. The minimum absolute atomic E-state index is 0.0260. The third-order valence-corrected chi connectivity index (χ3v) is 5.85. The van der Waals surface area contributed by atoms with E-state index in [9.17, 15) is 9.59 Å². The number of nitrogens with one attached hydrogen (secondary N) is 1. The third-order valence-electron chi connectivity index (χ3n) is 5.85. The molecule has 2 heterocycles. The zero-order valence-corrected chi connectivity index (χ0v) is 17.8. The number of carbonyl (C=O) groups excluding carboxylic acids is 2. The number of piperidine rings is 1. The van der Waals surface area contributed by atoms with E-state index >= 15 is 0 Å². The minimum Gasteiger partial charge on any atom is -0.352 e. The molecule has 0 bridgehead atoms. The van der Waals surface area contributed by atoms with Gasteiger partial charge in [-0.15, -0.1) is 0 Å². The highest BCUT2D eigenvalue weighted by Crippen LogP contribution is 2.21. The third kappa shape index (κ3) is 5.00. The molecule has 1 aliphatic rings. The van der Waals surface area contributed by atoms with Gasteiger partial charge in [-0.05, 0) is 61.1 Å². The molecule has 2 amide bonds. The van der Waals surface area contributed by atoms with E-state index in [1.807, 2.05) is 60.4 Å². The first-order valence-corrected chi connectivity index (χ1v) is 10.8. The van der Waals surface area contributed by atoms with Crippen molar-refractivity contribution in [1.82, 2.24) is 15.2 Å². The lowest BCUT2D eigenvalue weighted by atomic mass is 9.97. The van der Waals surface area contributed by atoms with Crippen LogP contribution in [0.2, 0.25) is 0 Å². The quantitative estimate of drug-likeness (QED) is 0.677. The van der Waals surface area contributed by atoms with Crippen molar-refractivity contribution >= 4 is 11.8 Å². The number of pyridine rings is 1. The average Bonchev–Trinajstić information content (AvgIpc) is 2.83. The van der Waals surface area contributed by atoms with E-state index in [2.05, 4.69) is 22.4 Å². The van der Waals surface area contributed by atoms with E-state index in [1.165, 1.54) is 0 Å². The summed E-state index contributed by atoms with van der Waals surface area (Å²) in [5.74, 6) is 0.200. The number of nitrogens with zero attached hydrogens (tertiary/aromatic N) is 2. The Morgan fingerprint density at radius 1 is 1.00 bits per heavy atom. The molecule has 0 spiro atoms. The van der Waals surface area contributed by atoms with Gasteiger partial charge >= 0.3 is 0 Å². The predicted molar refractivity (Wildman–Crippen MR) is 122 cm³/mol. The summed E-state index contributed by atoms with van der Waals surface area (Å²) < 4.78 is 0.